The first-order valence-corrected chi connectivity index (χ1v) is 9.01. The van der Waals surface area contributed by atoms with E-state index in [0.717, 1.165) is 5.56 Å². The van der Waals surface area contributed by atoms with E-state index in [9.17, 15) is 14.4 Å². The molecule has 0 radical (unpaired) electrons. The maximum atomic E-state index is 12.8. The highest BCUT2D eigenvalue weighted by atomic mass is 16.5. The van der Waals surface area contributed by atoms with Crippen LogP contribution in [0.4, 0.5) is 0 Å². The van der Waals surface area contributed by atoms with Crippen LogP contribution in [-0.4, -0.2) is 52.7 Å². The summed E-state index contributed by atoms with van der Waals surface area (Å²) in [4.78, 5) is 38.4. The minimum atomic E-state index is -0.630. The number of fused-ring (bicyclic) bond motifs is 1. The van der Waals surface area contributed by atoms with Crippen molar-refractivity contribution in [2.45, 2.75) is 31.4 Å². The molecule has 3 heterocycles. The van der Waals surface area contributed by atoms with E-state index in [1.165, 1.54) is 0 Å². The zero-order valence-corrected chi connectivity index (χ0v) is 15.1. The summed E-state index contributed by atoms with van der Waals surface area (Å²) in [6, 6.07) is 9.74. The molecule has 2 aliphatic rings. The number of piperidine rings is 1. The van der Waals surface area contributed by atoms with Crippen LogP contribution < -0.4 is 10.9 Å². The molecule has 1 aromatic carbocycles. The highest BCUT2D eigenvalue weighted by Crippen LogP contribution is 2.37. The number of H-pyrrole nitrogens is 2. The first kappa shape index (κ1) is 17.5. The number of aryl methyl sites for hydroxylation is 1. The normalized spacial score (nSPS) is 25.0. The molecular formula is C19H22N4O4. The first-order valence-electron chi connectivity index (χ1n) is 9.01. The second-order valence-corrected chi connectivity index (χ2v) is 7.13. The van der Waals surface area contributed by atoms with E-state index in [0.29, 0.717) is 30.8 Å². The Kier molecular flexibility index (Phi) is 4.35. The number of hydrogen-bond acceptors (Lipinski definition) is 4. The van der Waals surface area contributed by atoms with Gasteiger partial charge < -0.3 is 20.1 Å². The van der Waals surface area contributed by atoms with Gasteiger partial charge in [0.05, 0.1) is 12.0 Å². The van der Waals surface area contributed by atoms with Gasteiger partial charge in [-0.25, -0.2) is 0 Å². The molecule has 4 rings (SSSR count). The van der Waals surface area contributed by atoms with Crippen LogP contribution in [-0.2, 0) is 26.3 Å². The van der Waals surface area contributed by atoms with Gasteiger partial charge in [0.2, 0.25) is 11.8 Å². The van der Waals surface area contributed by atoms with Crippen LogP contribution in [0.1, 0.15) is 23.2 Å². The van der Waals surface area contributed by atoms with Crippen molar-refractivity contribution in [1.82, 2.24) is 20.4 Å². The van der Waals surface area contributed by atoms with Crippen LogP contribution >= 0.6 is 0 Å². The van der Waals surface area contributed by atoms with E-state index in [-0.39, 0.29) is 36.5 Å². The number of carbonyl (C=O) groups excluding carboxylic acids is 2. The number of aromatic amines is 2. The van der Waals surface area contributed by atoms with Crippen LogP contribution in [0.25, 0.3) is 0 Å². The van der Waals surface area contributed by atoms with Gasteiger partial charge in [-0.3, -0.25) is 19.5 Å². The van der Waals surface area contributed by atoms with E-state index in [2.05, 4.69) is 15.5 Å². The summed E-state index contributed by atoms with van der Waals surface area (Å²) in [5.74, 6) is -0.269. The number of nitrogens with one attached hydrogen (secondary N) is 3. The van der Waals surface area contributed by atoms with E-state index in [1.54, 1.807) is 11.8 Å². The van der Waals surface area contributed by atoms with E-state index >= 15 is 0 Å². The molecule has 8 heteroatoms. The van der Waals surface area contributed by atoms with Gasteiger partial charge in [0.15, 0.2) is 0 Å². The Morgan fingerprint density at radius 2 is 2.04 bits per heavy atom. The Bertz CT molecular complexity index is 919. The van der Waals surface area contributed by atoms with Crippen molar-refractivity contribution in [2.24, 2.45) is 0 Å². The molecule has 0 saturated carbocycles. The number of benzene rings is 1. The first-order chi connectivity index (χ1) is 13.0. The molecule has 2 aliphatic heterocycles. The lowest BCUT2D eigenvalue weighted by atomic mass is 9.77. The molecule has 1 aromatic heterocycles. The number of ether oxygens (including phenoxy) is 1. The summed E-state index contributed by atoms with van der Waals surface area (Å²) in [5.41, 5.74) is 1.21. The number of hydrogen-bond donors (Lipinski definition) is 3. The number of rotatable bonds is 3. The van der Waals surface area contributed by atoms with Gasteiger partial charge in [-0.05, 0) is 18.9 Å². The Labute approximate surface area is 155 Å². The fourth-order valence-corrected chi connectivity index (χ4v) is 4.03. The molecule has 2 fully saturated rings. The van der Waals surface area contributed by atoms with Gasteiger partial charge in [0, 0.05) is 24.3 Å². The topological polar surface area (TPSA) is 107 Å². The summed E-state index contributed by atoms with van der Waals surface area (Å²) >= 11 is 0. The molecule has 2 aromatic rings. The predicted octanol–water partition coefficient (Wildman–Crippen LogP) is 0.197. The van der Waals surface area contributed by atoms with Gasteiger partial charge in [-0.1, -0.05) is 30.3 Å². The Morgan fingerprint density at radius 1 is 1.26 bits per heavy atom. The van der Waals surface area contributed by atoms with Crippen LogP contribution in [0.2, 0.25) is 0 Å². The zero-order chi connectivity index (χ0) is 19.0. The van der Waals surface area contributed by atoms with Crippen LogP contribution in [0, 0.1) is 6.92 Å². The van der Waals surface area contributed by atoms with Gasteiger partial charge in [0.1, 0.15) is 12.7 Å². The van der Waals surface area contributed by atoms with Crippen molar-refractivity contribution in [3.05, 3.63) is 57.5 Å². The van der Waals surface area contributed by atoms with Crippen LogP contribution in [0.15, 0.2) is 35.1 Å². The van der Waals surface area contributed by atoms with Crippen molar-refractivity contribution in [3.63, 3.8) is 0 Å². The molecule has 0 spiro atoms. The molecule has 27 heavy (non-hydrogen) atoms. The smallest absolute Gasteiger partial charge is 0.267 e. The molecule has 142 valence electrons. The fourth-order valence-electron chi connectivity index (χ4n) is 4.03. The fraction of sp³-hybridized carbons (Fsp3) is 0.421. The second kappa shape index (κ2) is 6.70. The minimum Gasteiger partial charge on any atom is -0.364 e. The molecule has 2 saturated heterocycles. The van der Waals surface area contributed by atoms with Crippen molar-refractivity contribution >= 4 is 11.8 Å². The Hall–Kier alpha value is -2.87. The monoisotopic (exact) mass is 370 g/mol. The average molecular weight is 370 g/mol. The lowest BCUT2D eigenvalue weighted by Gasteiger charge is -2.50. The number of nitrogens with zero attached hydrogens (tertiary/aromatic N) is 1. The molecule has 0 unspecified atom stereocenters. The maximum absolute atomic E-state index is 12.8. The summed E-state index contributed by atoms with van der Waals surface area (Å²) in [7, 11) is 0. The highest BCUT2D eigenvalue weighted by Gasteiger charge is 2.49. The second-order valence-electron chi connectivity index (χ2n) is 7.13. The average Bonchev–Trinajstić information content (AvgIpc) is 3.00. The van der Waals surface area contributed by atoms with E-state index in [4.69, 9.17) is 4.74 Å². The summed E-state index contributed by atoms with van der Waals surface area (Å²) < 4.78 is 5.83. The number of aromatic nitrogens is 2. The van der Waals surface area contributed by atoms with E-state index < -0.39 is 5.54 Å². The molecule has 2 atom stereocenters. The Morgan fingerprint density at radius 3 is 2.74 bits per heavy atom. The van der Waals surface area contributed by atoms with Crippen molar-refractivity contribution in [1.29, 1.82) is 0 Å². The molecule has 2 amide bonds. The number of likely N-dealkylation sites (tertiary alicyclic amines) is 1. The van der Waals surface area contributed by atoms with Gasteiger partial charge >= 0.3 is 0 Å². The van der Waals surface area contributed by atoms with Crippen molar-refractivity contribution in [3.8, 4) is 0 Å². The van der Waals surface area contributed by atoms with Gasteiger partial charge in [-0.15, -0.1) is 0 Å². The highest BCUT2D eigenvalue weighted by molar-refractivity contribution is 5.81. The van der Waals surface area contributed by atoms with Crippen LogP contribution in [0.5, 0.6) is 0 Å². The summed E-state index contributed by atoms with van der Waals surface area (Å²) in [6.45, 7) is 2.60. The predicted molar refractivity (Wildman–Crippen MR) is 97.1 cm³/mol. The molecule has 0 bridgehead atoms. The third kappa shape index (κ3) is 3.06. The Balaban J connectivity index is 1.56. The van der Waals surface area contributed by atoms with Crippen molar-refractivity contribution < 1.29 is 14.3 Å². The molecule has 3 N–H and O–H groups in total. The lowest BCUT2D eigenvalue weighted by Crippen LogP contribution is -2.67. The zero-order valence-electron chi connectivity index (χ0n) is 15.1. The maximum Gasteiger partial charge on any atom is 0.267 e. The lowest BCUT2D eigenvalue weighted by molar-refractivity contribution is -0.157. The number of carbonyl (C=O) groups is 2. The minimum absolute atomic E-state index is 0.0160. The quantitative estimate of drug-likeness (QED) is 0.717. The molecular weight excluding hydrogens is 348 g/mol. The number of morpholine rings is 1. The standard InChI is InChI=1S/C19H22N4O4/c1-12-14(18(26)22-21-12)9-17(25)23-8-7-19(13-5-3-2-4-6-13)15(10-23)27-11-16(24)20-19/h2-6,15H,7-11H2,1H3,(H,20,24)(H2,21,22,26)/t15-,19+/m1/s1. The molecule has 8 nitrogen and oxygen atoms in total. The van der Waals surface area contributed by atoms with Gasteiger partial charge in [0.25, 0.3) is 5.56 Å². The third-order valence-corrected chi connectivity index (χ3v) is 5.55. The third-order valence-electron chi connectivity index (χ3n) is 5.55. The van der Waals surface area contributed by atoms with Crippen molar-refractivity contribution in [2.75, 3.05) is 19.7 Å². The summed E-state index contributed by atoms with van der Waals surface area (Å²) in [6.07, 6.45) is 0.268. The SMILES string of the molecule is Cc1[nH][nH]c(=O)c1CC(=O)N1CC[C@@]2(c3ccccc3)NC(=O)CO[C@@H]2C1. The van der Waals surface area contributed by atoms with E-state index in [1.807, 2.05) is 30.3 Å². The van der Waals surface area contributed by atoms with Gasteiger partial charge in [-0.2, -0.15) is 0 Å². The largest absolute Gasteiger partial charge is 0.364 e. The number of amides is 2. The summed E-state index contributed by atoms with van der Waals surface area (Å²) in [5, 5.41) is 8.35. The van der Waals surface area contributed by atoms with Crippen LogP contribution in [0.3, 0.4) is 0 Å². The molecule has 0 aliphatic carbocycles.